The number of carbonyl (C=O) groups excluding carboxylic acids is 2. The molecule has 6 heteroatoms. The summed E-state index contributed by atoms with van der Waals surface area (Å²) in [4.78, 5) is 24.2. The monoisotopic (exact) mass is 277 g/mol. The van der Waals surface area contributed by atoms with Crippen LogP contribution in [0.1, 0.15) is 33.6 Å². The molecule has 2 amide bonds. The van der Waals surface area contributed by atoms with Crippen LogP contribution in [0.5, 0.6) is 0 Å². The van der Waals surface area contributed by atoms with E-state index in [9.17, 15) is 9.59 Å². The van der Waals surface area contributed by atoms with E-state index in [1.807, 2.05) is 32.9 Å². The zero-order valence-electron chi connectivity index (χ0n) is 11.4. The minimum atomic E-state index is -1.02. The molecular weight excluding hydrogens is 259 g/mol. The Morgan fingerprint density at radius 2 is 1.78 bits per heavy atom. The summed E-state index contributed by atoms with van der Waals surface area (Å²) < 4.78 is 0. The van der Waals surface area contributed by atoms with Gasteiger partial charge in [-0.05, 0) is 37.9 Å². The second-order valence-electron chi connectivity index (χ2n) is 4.69. The molecule has 1 rings (SSSR count). The summed E-state index contributed by atoms with van der Waals surface area (Å²) in [5.74, 6) is -0.334. The Morgan fingerprint density at radius 3 is 2.17 bits per heavy atom. The molecule has 0 bridgehead atoms. The van der Waals surface area contributed by atoms with Crippen molar-refractivity contribution in [3.05, 3.63) is 12.2 Å². The van der Waals surface area contributed by atoms with Gasteiger partial charge in [0.2, 0.25) is 11.8 Å². The summed E-state index contributed by atoms with van der Waals surface area (Å²) in [6, 6.07) is 0. The molecule has 0 aromatic carbocycles. The molecule has 4 nitrogen and oxygen atoms in total. The zero-order valence-corrected chi connectivity index (χ0v) is 14.2. The number of amides is 2. The second kappa shape index (κ2) is 7.38. The quantitative estimate of drug-likeness (QED) is 0.285. The maximum Gasteiger partial charge on any atom is 1.00 e. The van der Waals surface area contributed by atoms with Crippen molar-refractivity contribution in [2.24, 2.45) is 11.3 Å². The molecule has 0 unspecified atom stereocenters. The minimum absolute atomic E-state index is 0. The molecule has 0 saturated carbocycles. The molecular formula is C12H18N2NaO2S+. The molecule has 1 aliphatic rings. The van der Waals surface area contributed by atoms with Crippen molar-refractivity contribution in [1.29, 1.82) is 0 Å². The van der Waals surface area contributed by atoms with Gasteiger partial charge in [-0.1, -0.05) is 26.0 Å². The number of carbonyl (C=O) groups is 2. The van der Waals surface area contributed by atoms with Crippen LogP contribution in [0.15, 0.2) is 12.2 Å². The number of allylic oxidation sites excluding steroid dienone is 2. The zero-order chi connectivity index (χ0) is 13.1. The van der Waals surface area contributed by atoms with Crippen LogP contribution in [-0.2, 0) is 9.59 Å². The number of hydrogen-bond acceptors (Lipinski definition) is 3. The van der Waals surface area contributed by atoms with Crippen LogP contribution < -0.4 is 40.2 Å². The van der Waals surface area contributed by atoms with Gasteiger partial charge < -0.3 is 10.6 Å². The summed E-state index contributed by atoms with van der Waals surface area (Å²) in [6.07, 6.45) is 4.60. The molecule has 1 aliphatic heterocycles. The smallest absolute Gasteiger partial charge is 0.302 e. The second-order valence-corrected chi connectivity index (χ2v) is 5.10. The molecule has 94 valence electrons. The average molecular weight is 277 g/mol. The van der Waals surface area contributed by atoms with Gasteiger partial charge in [0.25, 0.3) is 0 Å². The summed E-state index contributed by atoms with van der Waals surface area (Å²) in [6.45, 7) is 5.85. The van der Waals surface area contributed by atoms with E-state index in [0.29, 0.717) is 12.8 Å². The number of rotatable bonds is 4. The molecule has 0 aromatic heterocycles. The summed E-state index contributed by atoms with van der Waals surface area (Å²) in [5.41, 5.74) is -1.02. The van der Waals surface area contributed by atoms with E-state index in [0.717, 1.165) is 0 Å². The van der Waals surface area contributed by atoms with Crippen LogP contribution in [0.4, 0.5) is 0 Å². The third-order valence-corrected chi connectivity index (χ3v) is 2.99. The standard InChI is InChI=1S/C12H18N2O2S.Na/c1-4-5-6-12(7-8(2)3)9(15)13-11(17)14-10(12)16;/h4-5,8H,6-7H2,1-3H3,(H2,13,14,15,16,17);/q;+1/b5-4+;. The molecule has 0 spiro atoms. The predicted molar refractivity (Wildman–Crippen MR) is 70.2 cm³/mol. The first-order valence-corrected chi connectivity index (χ1v) is 6.11. The van der Waals surface area contributed by atoms with Crippen molar-refractivity contribution < 1.29 is 39.1 Å². The number of hydrogen-bond donors (Lipinski definition) is 2. The van der Waals surface area contributed by atoms with Crippen molar-refractivity contribution in [3.8, 4) is 0 Å². The van der Waals surface area contributed by atoms with Gasteiger partial charge in [-0.15, -0.1) is 0 Å². The Bertz CT molecular complexity index is 360. The van der Waals surface area contributed by atoms with Gasteiger partial charge in [-0.2, -0.15) is 0 Å². The first-order valence-electron chi connectivity index (χ1n) is 5.70. The van der Waals surface area contributed by atoms with Gasteiger partial charge in [0, 0.05) is 0 Å². The third kappa shape index (κ3) is 3.88. The maximum atomic E-state index is 12.1. The summed E-state index contributed by atoms with van der Waals surface area (Å²) >= 11 is 4.81. The molecule has 0 aliphatic carbocycles. The van der Waals surface area contributed by atoms with Gasteiger partial charge in [-0.25, -0.2) is 0 Å². The van der Waals surface area contributed by atoms with Crippen LogP contribution in [0, 0.1) is 11.3 Å². The topological polar surface area (TPSA) is 58.2 Å². The van der Waals surface area contributed by atoms with Crippen molar-refractivity contribution in [2.75, 3.05) is 0 Å². The Balaban J connectivity index is 0.00000289. The predicted octanol–water partition coefficient (Wildman–Crippen LogP) is -1.48. The van der Waals surface area contributed by atoms with Crippen LogP contribution in [0.25, 0.3) is 0 Å². The Kier molecular flexibility index (Phi) is 7.29. The molecule has 1 heterocycles. The molecule has 1 fully saturated rings. The van der Waals surface area contributed by atoms with Crippen LogP contribution in [-0.4, -0.2) is 16.9 Å². The number of thiocarbonyl (C=S) groups is 1. The van der Waals surface area contributed by atoms with Crippen LogP contribution in [0.2, 0.25) is 0 Å². The van der Waals surface area contributed by atoms with E-state index in [2.05, 4.69) is 10.6 Å². The summed E-state index contributed by atoms with van der Waals surface area (Å²) in [7, 11) is 0. The van der Waals surface area contributed by atoms with Crippen molar-refractivity contribution >= 4 is 29.1 Å². The third-order valence-electron chi connectivity index (χ3n) is 2.78. The van der Waals surface area contributed by atoms with Gasteiger partial charge in [0.1, 0.15) is 5.41 Å². The first-order chi connectivity index (χ1) is 7.92. The van der Waals surface area contributed by atoms with Crippen molar-refractivity contribution in [2.45, 2.75) is 33.6 Å². The Morgan fingerprint density at radius 1 is 1.28 bits per heavy atom. The van der Waals surface area contributed by atoms with E-state index in [1.54, 1.807) is 0 Å². The molecule has 2 N–H and O–H groups in total. The van der Waals surface area contributed by atoms with E-state index in [-0.39, 0.29) is 52.4 Å². The van der Waals surface area contributed by atoms with E-state index >= 15 is 0 Å². The fourth-order valence-corrected chi connectivity index (χ4v) is 2.24. The largest absolute Gasteiger partial charge is 1.00 e. The van der Waals surface area contributed by atoms with Crippen LogP contribution in [0.3, 0.4) is 0 Å². The van der Waals surface area contributed by atoms with Gasteiger partial charge in [0.15, 0.2) is 5.11 Å². The molecule has 1 saturated heterocycles. The summed E-state index contributed by atoms with van der Waals surface area (Å²) in [5, 5.41) is 5.18. The van der Waals surface area contributed by atoms with E-state index < -0.39 is 5.41 Å². The Hall–Kier alpha value is -0.230. The maximum absolute atomic E-state index is 12.1. The molecule has 18 heavy (non-hydrogen) atoms. The molecule has 0 aromatic rings. The fraction of sp³-hybridized carbons (Fsp3) is 0.583. The first kappa shape index (κ1) is 17.8. The van der Waals surface area contributed by atoms with Gasteiger partial charge >= 0.3 is 29.6 Å². The molecule has 0 atom stereocenters. The Labute approximate surface area is 135 Å². The fourth-order valence-electron chi connectivity index (χ4n) is 2.05. The minimum Gasteiger partial charge on any atom is -0.302 e. The van der Waals surface area contributed by atoms with E-state index in [1.165, 1.54) is 0 Å². The van der Waals surface area contributed by atoms with Crippen LogP contribution >= 0.6 is 12.2 Å². The molecule has 0 radical (unpaired) electrons. The number of nitrogens with one attached hydrogen (secondary N) is 2. The average Bonchev–Trinajstić information content (AvgIpc) is 2.21. The van der Waals surface area contributed by atoms with Crippen molar-refractivity contribution in [1.82, 2.24) is 10.6 Å². The van der Waals surface area contributed by atoms with E-state index in [4.69, 9.17) is 12.2 Å². The van der Waals surface area contributed by atoms with Gasteiger partial charge in [0.05, 0.1) is 0 Å². The normalized spacial score (nSPS) is 18.6. The SMILES string of the molecule is C/C=C/CC1(CC(C)C)C(=O)NC(=S)NC1=O.[Na+]. The van der Waals surface area contributed by atoms with Crippen molar-refractivity contribution in [3.63, 3.8) is 0 Å². The van der Waals surface area contributed by atoms with Gasteiger partial charge in [-0.3, -0.25) is 9.59 Å².